The van der Waals surface area contributed by atoms with Crippen molar-refractivity contribution in [1.82, 2.24) is 0 Å². The molecule has 7 nitrogen and oxygen atoms in total. The third-order valence-electron chi connectivity index (χ3n) is 1.22. The molecule has 0 aliphatic carbocycles. The molecule has 2 N–H and O–H groups in total. The average molecular weight is 455 g/mol. The number of carbonyl (C=O) groups is 6. The van der Waals surface area contributed by atoms with Crippen LogP contribution in [0, 0.1) is 61.0 Å². The first-order valence-corrected chi connectivity index (χ1v) is 5.96. The molecule has 0 rings (SSSR count). The maximum atomic E-state index is 9.98. The van der Waals surface area contributed by atoms with Gasteiger partial charge in [-0.1, -0.05) is 0 Å². The molecule has 0 saturated carbocycles. The predicted octanol–water partition coefficient (Wildman–Crippen LogP) is 0.281. The Hall–Kier alpha value is -1.03. The molecule has 0 heterocycles. The Morgan fingerprint density at radius 2 is 0.522 bits per heavy atom. The van der Waals surface area contributed by atoms with E-state index in [4.69, 9.17) is 0 Å². The van der Waals surface area contributed by atoms with Gasteiger partial charge in [0.1, 0.15) is 0 Å². The Kier molecular flexibility index (Phi) is 30.6. The third kappa shape index (κ3) is 62.7. The fraction of sp³-hybridized carbons (Fsp3) is 0.400. The Morgan fingerprint density at radius 1 is 0.435 bits per heavy atom. The van der Waals surface area contributed by atoms with Gasteiger partial charge in [-0.25, -0.2) is 0 Å². The smallest absolute Gasteiger partial charge is 0.412 e. The second-order valence-corrected chi connectivity index (χ2v) is 4.10. The number of ketones is 6. The number of hydrogen-bond donors (Lipinski definition) is 0. The van der Waals surface area contributed by atoms with Crippen LogP contribution in [0.2, 0.25) is 0 Å². The van der Waals surface area contributed by atoms with Gasteiger partial charge in [0.25, 0.3) is 0 Å². The van der Waals surface area contributed by atoms with E-state index in [-0.39, 0.29) is 81.9 Å². The third-order valence-corrected chi connectivity index (χ3v) is 1.22. The van der Waals surface area contributed by atoms with E-state index in [9.17, 15) is 28.8 Å². The van der Waals surface area contributed by atoms with Gasteiger partial charge < -0.3 is 34.2 Å². The van der Waals surface area contributed by atoms with Crippen LogP contribution in [0.5, 0.6) is 0 Å². The zero-order valence-electron chi connectivity index (χ0n) is 14.2. The van der Waals surface area contributed by atoms with Gasteiger partial charge >= 0.3 is 41.7 Å². The molecule has 0 aromatic rings. The number of hydrogen-bond acceptors (Lipinski definition) is 6. The van der Waals surface area contributed by atoms with Gasteiger partial charge in [0.2, 0.25) is 0 Å². The van der Waals surface area contributed by atoms with E-state index in [1.54, 1.807) is 0 Å². The first kappa shape index (κ1) is 33.5. The standard InChI is InChI=1S/3C5H7O2.Ce.H2O/c3*1-4(6)3-5(2)7;;/h3*3H,1-2H3;;1H2/q3*-1;+3;. The molecule has 8 heteroatoms. The van der Waals surface area contributed by atoms with Gasteiger partial charge in [-0.05, 0) is 41.5 Å². The van der Waals surface area contributed by atoms with Crippen molar-refractivity contribution in [1.29, 1.82) is 0 Å². The minimum absolute atomic E-state index is 0. The van der Waals surface area contributed by atoms with Crippen molar-refractivity contribution < 1.29 is 76.0 Å². The summed E-state index contributed by atoms with van der Waals surface area (Å²) < 4.78 is 0. The van der Waals surface area contributed by atoms with Crippen LogP contribution in [-0.4, -0.2) is 40.2 Å². The van der Waals surface area contributed by atoms with Gasteiger partial charge in [0.05, 0.1) is 0 Å². The van der Waals surface area contributed by atoms with Crippen LogP contribution < -0.4 is 0 Å². The van der Waals surface area contributed by atoms with E-state index in [2.05, 4.69) is 0 Å². The Morgan fingerprint density at radius 3 is 0.522 bits per heavy atom. The summed E-state index contributed by atoms with van der Waals surface area (Å²) in [6, 6.07) is 0. The second-order valence-electron chi connectivity index (χ2n) is 4.10. The summed E-state index contributed by atoms with van der Waals surface area (Å²) in [6.07, 6.45) is 3.17. The molecule has 0 saturated heterocycles. The van der Waals surface area contributed by atoms with Crippen LogP contribution in [0.1, 0.15) is 41.5 Å². The summed E-state index contributed by atoms with van der Waals surface area (Å²) in [5.74, 6) is -1.12. The fourth-order valence-corrected chi connectivity index (χ4v) is 0.859. The van der Waals surface area contributed by atoms with Gasteiger partial charge in [0.15, 0.2) is 0 Å². The summed E-state index contributed by atoms with van der Waals surface area (Å²) >= 11 is 0. The van der Waals surface area contributed by atoms with Gasteiger partial charge in [-0.2, -0.15) is 0 Å². The number of carbonyl (C=O) groups excluding carboxylic acids is 6. The van der Waals surface area contributed by atoms with Crippen molar-refractivity contribution in [2.45, 2.75) is 41.5 Å². The zero-order chi connectivity index (χ0) is 17.6. The Labute approximate surface area is 170 Å². The van der Waals surface area contributed by atoms with Gasteiger partial charge in [-0.3, -0.25) is 19.3 Å². The van der Waals surface area contributed by atoms with Crippen molar-refractivity contribution in [2.75, 3.05) is 0 Å². The van der Waals surface area contributed by atoms with Crippen molar-refractivity contribution in [2.24, 2.45) is 0 Å². The van der Waals surface area contributed by atoms with Crippen LogP contribution in [0.25, 0.3) is 0 Å². The molecule has 129 valence electrons. The largest absolute Gasteiger partial charge is 3.00 e. The quantitative estimate of drug-likeness (QED) is 0.417. The molecule has 1 radical (unpaired) electrons. The minimum Gasteiger partial charge on any atom is -0.412 e. The minimum atomic E-state index is -0.187. The Bertz CT molecular complexity index is 316. The number of Topliss-reactive ketones (excluding diaryl/α,β-unsaturated/α-hetero) is 6. The fourth-order valence-electron chi connectivity index (χ4n) is 0.859. The average Bonchev–Trinajstić information content (AvgIpc) is 2.10. The molecule has 0 aromatic carbocycles. The monoisotopic (exact) mass is 455 g/mol. The van der Waals surface area contributed by atoms with Crippen molar-refractivity contribution >= 4 is 34.7 Å². The molecule has 0 amide bonds. The zero-order valence-corrected chi connectivity index (χ0v) is 17.3. The molecule has 0 fully saturated rings. The molecule has 0 unspecified atom stereocenters. The molecule has 0 atom stereocenters. The molecular formula is C15H23CeO7. The molecule has 23 heavy (non-hydrogen) atoms. The van der Waals surface area contributed by atoms with Crippen LogP contribution in [0.4, 0.5) is 0 Å². The first-order valence-electron chi connectivity index (χ1n) is 5.96. The molecule has 0 aliphatic heterocycles. The molecule has 0 bridgehead atoms. The van der Waals surface area contributed by atoms with Crippen LogP contribution >= 0.6 is 0 Å². The molecule has 0 aromatic heterocycles. The van der Waals surface area contributed by atoms with Crippen LogP contribution in [0.3, 0.4) is 0 Å². The maximum Gasteiger partial charge on any atom is 3.00 e. The molecule has 0 spiro atoms. The molecular weight excluding hydrogens is 432 g/mol. The summed E-state index contributed by atoms with van der Waals surface area (Å²) in [6.45, 7) is 8.09. The van der Waals surface area contributed by atoms with E-state index in [0.717, 1.165) is 19.3 Å². The predicted molar refractivity (Wildman–Crippen MR) is 80.6 cm³/mol. The summed E-state index contributed by atoms with van der Waals surface area (Å²) in [5, 5.41) is 0. The maximum absolute atomic E-state index is 9.98. The molecule has 0 aliphatic rings. The summed E-state index contributed by atoms with van der Waals surface area (Å²) in [4.78, 5) is 59.9. The van der Waals surface area contributed by atoms with Crippen molar-refractivity contribution in [3.05, 3.63) is 19.3 Å². The van der Waals surface area contributed by atoms with E-state index in [0.29, 0.717) is 0 Å². The summed E-state index contributed by atoms with van der Waals surface area (Å²) in [7, 11) is 0. The van der Waals surface area contributed by atoms with Crippen molar-refractivity contribution in [3.8, 4) is 0 Å². The summed E-state index contributed by atoms with van der Waals surface area (Å²) in [5.41, 5.74) is 0. The Balaban J connectivity index is -0.0000000675. The normalized spacial score (nSPS) is 7.04. The van der Waals surface area contributed by atoms with E-state index < -0.39 is 0 Å². The van der Waals surface area contributed by atoms with Gasteiger partial charge in [-0.15, -0.1) is 0 Å². The SMILES string of the molecule is CC(=O)[CH-]C(C)=O.CC(=O)[CH-]C(C)=O.CC(=O)[CH-]C(C)=O.O.[Ce+3]. The van der Waals surface area contributed by atoms with Crippen LogP contribution in [0.15, 0.2) is 0 Å². The van der Waals surface area contributed by atoms with Crippen LogP contribution in [-0.2, 0) is 28.8 Å². The van der Waals surface area contributed by atoms with Gasteiger partial charge in [0, 0.05) is 34.7 Å². The topological polar surface area (TPSA) is 134 Å². The first-order chi connectivity index (χ1) is 9.38. The van der Waals surface area contributed by atoms with E-state index >= 15 is 0 Å². The number of rotatable bonds is 6. The van der Waals surface area contributed by atoms with E-state index in [1.807, 2.05) is 0 Å². The second kappa shape index (κ2) is 21.0. The van der Waals surface area contributed by atoms with E-state index in [1.165, 1.54) is 41.5 Å². The van der Waals surface area contributed by atoms with Crippen molar-refractivity contribution in [3.63, 3.8) is 0 Å².